The van der Waals surface area contributed by atoms with Crippen molar-refractivity contribution >= 4 is 11.8 Å². The zero-order valence-electron chi connectivity index (χ0n) is 15.5. The van der Waals surface area contributed by atoms with Crippen LogP contribution in [-0.4, -0.2) is 98.6 Å². The van der Waals surface area contributed by atoms with E-state index in [0.29, 0.717) is 0 Å². The normalized spacial score (nSPS) is 12.0. The van der Waals surface area contributed by atoms with Gasteiger partial charge < -0.3 is 30.2 Å². The van der Waals surface area contributed by atoms with Gasteiger partial charge in [0.15, 0.2) is 0 Å². The Hall–Kier alpha value is -2.07. The molecule has 0 spiro atoms. The summed E-state index contributed by atoms with van der Waals surface area (Å²) in [7, 11) is 2.87. The van der Waals surface area contributed by atoms with E-state index in [-0.39, 0.29) is 11.1 Å². The van der Waals surface area contributed by atoms with Crippen molar-refractivity contribution in [2.24, 2.45) is 0 Å². The van der Waals surface area contributed by atoms with Gasteiger partial charge in [0.05, 0.1) is 48.6 Å². The largest absolute Gasteiger partial charge is 0.394 e. The third-order valence-electron chi connectivity index (χ3n) is 4.82. The van der Waals surface area contributed by atoms with Gasteiger partial charge in [-0.3, -0.25) is 14.6 Å². The van der Waals surface area contributed by atoms with Crippen molar-refractivity contribution in [2.75, 3.05) is 40.5 Å². The minimum absolute atomic E-state index is 0.106. The molecule has 0 saturated heterocycles. The molecule has 0 bridgehead atoms. The molecular weight excluding hydrogens is 342 g/mol. The van der Waals surface area contributed by atoms with Crippen LogP contribution in [0, 0.1) is 0 Å². The Morgan fingerprint density at radius 2 is 1.15 bits per heavy atom. The van der Waals surface area contributed by atoms with Gasteiger partial charge in [-0.25, -0.2) is 0 Å². The number of amides is 2. The van der Waals surface area contributed by atoms with Gasteiger partial charge in [0.2, 0.25) is 0 Å². The lowest BCUT2D eigenvalue weighted by molar-refractivity contribution is 0.0144. The average molecular weight is 369 g/mol. The third-order valence-corrected chi connectivity index (χ3v) is 4.82. The van der Waals surface area contributed by atoms with Gasteiger partial charge in [-0.05, 0) is 19.9 Å². The molecule has 4 N–H and O–H groups in total. The Kier molecular flexibility index (Phi) is 7.22. The number of hydrogen-bond acceptors (Lipinski definition) is 7. The highest BCUT2D eigenvalue weighted by atomic mass is 16.3. The van der Waals surface area contributed by atoms with E-state index in [1.165, 1.54) is 56.2 Å². The minimum atomic E-state index is -1.17. The monoisotopic (exact) mass is 369 g/mol. The van der Waals surface area contributed by atoms with E-state index in [1.807, 2.05) is 0 Å². The maximum atomic E-state index is 12.6. The highest BCUT2D eigenvalue weighted by Crippen LogP contribution is 2.19. The molecule has 0 aliphatic rings. The summed E-state index contributed by atoms with van der Waals surface area (Å²) in [6.45, 7) is 1.29. The van der Waals surface area contributed by atoms with E-state index in [4.69, 9.17) is 0 Å². The fourth-order valence-corrected chi connectivity index (χ4v) is 2.08. The SMILES string of the molecule is CN(C(=O)c1cncc(C(=O)N(C)C(C)(CO)CO)c1)C(C)(CO)CO. The van der Waals surface area contributed by atoms with E-state index in [9.17, 15) is 30.0 Å². The molecule has 146 valence electrons. The number of hydrogen-bond donors (Lipinski definition) is 4. The second-order valence-electron chi connectivity index (χ2n) is 6.82. The predicted octanol–water partition coefficient (Wildman–Crippen LogP) is -1.29. The Balaban J connectivity index is 3.15. The molecule has 9 nitrogen and oxygen atoms in total. The number of carbonyl (C=O) groups is 2. The van der Waals surface area contributed by atoms with Crippen molar-refractivity contribution in [3.05, 3.63) is 29.6 Å². The summed E-state index contributed by atoms with van der Waals surface area (Å²) in [5, 5.41) is 37.7. The van der Waals surface area contributed by atoms with Crippen LogP contribution in [0.1, 0.15) is 34.6 Å². The standard InChI is InChI=1S/C17H27N3O6/c1-16(8-21,9-22)19(3)14(25)12-5-13(7-18-6-12)15(26)20(4)17(2,10-23)11-24/h5-7,21-24H,8-11H2,1-4H3. The second kappa shape index (κ2) is 8.54. The molecule has 0 atom stereocenters. The van der Waals surface area contributed by atoms with E-state index in [2.05, 4.69) is 4.98 Å². The zero-order chi connectivity index (χ0) is 20.1. The molecule has 0 aliphatic heterocycles. The molecule has 0 aliphatic carbocycles. The first-order valence-electron chi connectivity index (χ1n) is 8.05. The van der Waals surface area contributed by atoms with E-state index >= 15 is 0 Å². The molecule has 1 aromatic heterocycles. The number of rotatable bonds is 8. The fraction of sp³-hybridized carbons (Fsp3) is 0.588. The number of pyridine rings is 1. The first-order chi connectivity index (χ1) is 12.1. The van der Waals surface area contributed by atoms with Gasteiger partial charge in [-0.1, -0.05) is 0 Å². The average Bonchev–Trinajstić information content (AvgIpc) is 2.70. The molecule has 1 heterocycles. The first kappa shape index (κ1) is 22.0. The topological polar surface area (TPSA) is 134 Å². The van der Waals surface area contributed by atoms with Gasteiger partial charge in [0.1, 0.15) is 0 Å². The fourth-order valence-electron chi connectivity index (χ4n) is 2.08. The summed E-state index contributed by atoms with van der Waals surface area (Å²) in [4.78, 5) is 31.5. The molecule has 1 aromatic rings. The number of likely N-dealkylation sites (N-methyl/N-ethyl adjacent to an activating group) is 2. The lowest BCUT2D eigenvalue weighted by Crippen LogP contribution is -2.53. The second-order valence-corrected chi connectivity index (χ2v) is 6.82. The molecule has 0 unspecified atom stereocenters. The van der Waals surface area contributed by atoms with Gasteiger partial charge in [-0.2, -0.15) is 0 Å². The molecule has 9 heteroatoms. The van der Waals surface area contributed by atoms with Crippen LogP contribution in [-0.2, 0) is 0 Å². The number of carbonyl (C=O) groups excluding carboxylic acids is 2. The lowest BCUT2D eigenvalue weighted by Gasteiger charge is -2.36. The maximum absolute atomic E-state index is 12.6. The van der Waals surface area contributed by atoms with E-state index in [1.54, 1.807) is 0 Å². The molecular formula is C17H27N3O6. The van der Waals surface area contributed by atoms with Crippen LogP contribution in [0.4, 0.5) is 0 Å². The number of nitrogens with zero attached hydrogens (tertiary/aromatic N) is 3. The molecule has 2 amide bonds. The van der Waals surface area contributed by atoms with Gasteiger partial charge in [0, 0.05) is 26.5 Å². The predicted molar refractivity (Wildman–Crippen MR) is 93.6 cm³/mol. The highest BCUT2D eigenvalue weighted by molar-refractivity contribution is 5.99. The van der Waals surface area contributed by atoms with Crippen molar-refractivity contribution in [1.82, 2.24) is 14.8 Å². The van der Waals surface area contributed by atoms with Crippen LogP contribution in [0.2, 0.25) is 0 Å². The summed E-state index contributed by atoms with van der Waals surface area (Å²) in [5.41, 5.74) is -2.12. The van der Waals surface area contributed by atoms with Crippen LogP contribution in [0.15, 0.2) is 18.5 Å². The van der Waals surface area contributed by atoms with Crippen LogP contribution >= 0.6 is 0 Å². The van der Waals surface area contributed by atoms with Gasteiger partial charge in [-0.15, -0.1) is 0 Å². The van der Waals surface area contributed by atoms with Crippen molar-refractivity contribution in [1.29, 1.82) is 0 Å². The molecule has 1 rings (SSSR count). The van der Waals surface area contributed by atoms with Gasteiger partial charge in [0.25, 0.3) is 11.8 Å². The summed E-state index contributed by atoms with van der Waals surface area (Å²) in [6, 6.07) is 1.34. The van der Waals surface area contributed by atoms with Crippen molar-refractivity contribution in [3.63, 3.8) is 0 Å². The smallest absolute Gasteiger partial charge is 0.255 e. The van der Waals surface area contributed by atoms with E-state index in [0.717, 1.165) is 0 Å². The van der Waals surface area contributed by atoms with Crippen molar-refractivity contribution in [2.45, 2.75) is 24.9 Å². The Morgan fingerprint density at radius 1 is 0.846 bits per heavy atom. The van der Waals surface area contributed by atoms with Gasteiger partial charge >= 0.3 is 0 Å². The Bertz CT molecular complexity index is 592. The van der Waals surface area contributed by atoms with Crippen LogP contribution in [0.5, 0.6) is 0 Å². The van der Waals surface area contributed by atoms with Crippen LogP contribution < -0.4 is 0 Å². The highest BCUT2D eigenvalue weighted by Gasteiger charge is 2.34. The van der Waals surface area contributed by atoms with Crippen LogP contribution in [0.25, 0.3) is 0 Å². The zero-order valence-corrected chi connectivity index (χ0v) is 15.5. The molecule has 0 aromatic carbocycles. The van der Waals surface area contributed by atoms with E-state index < -0.39 is 49.3 Å². The molecule has 0 radical (unpaired) electrons. The summed E-state index contributed by atoms with van der Waals surface area (Å²) in [6.07, 6.45) is 2.56. The third kappa shape index (κ3) is 4.18. The Morgan fingerprint density at radius 3 is 1.42 bits per heavy atom. The molecule has 0 fully saturated rings. The number of aromatic nitrogens is 1. The summed E-state index contributed by atoms with van der Waals surface area (Å²) < 4.78 is 0. The summed E-state index contributed by atoms with van der Waals surface area (Å²) in [5.74, 6) is -1.04. The molecule has 0 saturated carbocycles. The molecule has 26 heavy (non-hydrogen) atoms. The number of aliphatic hydroxyl groups excluding tert-OH is 4. The quantitative estimate of drug-likeness (QED) is 0.448. The minimum Gasteiger partial charge on any atom is -0.394 e. The van der Waals surface area contributed by atoms with Crippen LogP contribution in [0.3, 0.4) is 0 Å². The van der Waals surface area contributed by atoms with Crippen molar-refractivity contribution in [3.8, 4) is 0 Å². The summed E-state index contributed by atoms with van der Waals surface area (Å²) >= 11 is 0. The first-order valence-corrected chi connectivity index (χ1v) is 8.05. The van der Waals surface area contributed by atoms with Crippen molar-refractivity contribution < 1.29 is 30.0 Å². The number of aliphatic hydroxyl groups is 4. The Labute approximate surface area is 152 Å². The maximum Gasteiger partial charge on any atom is 0.255 e. The lowest BCUT2D eigenvalue weighted by atomic mass is 10.0.